The van der Waals surface area contributed by atoms with Gasteiger partial charge < -0.3 is 10.6 Å². The van der Waals surface area contributed by atoms with Gasteiger partial charge in [0.2, 0.25) is 0 Å². The lowest BCUT2D eigenvalue weighted by Gasteiger charge is -2.15. The number of hydrogen-bond acceptors (Lipinski definition) is 5. The van der Waals surface area contributed by atoms with Crippen LogP contribution >= 0.6 is 11.3 Å². The lowest BCUT2D eigenvalue weighted by Crippen LogP contribution is -2.36. The number of allylic oxidation sites excluding steroid dienone is 2. The van der Waals surface area contributed by atoms with Crippen LogP contribution < -0.4 is 10.6 Å². The molecule has 1 aliphatic rings. The number of nitrogens with zero attached hydrogens (tertiary/aromatic N) is 1. The van der Waals surface area contributed by atoms with Crippen molar-refractivity contribution in [1.82, 2.24) is 10.2 Å². The highest BCUT2D eigenvalue weighted by Gasteiger charge is 2.22. The minimum absolute atomic E-state index is 0.0148. The first-order valence-electron chi connectivity index (χ1n) is 9.86. The Labute approximate surface area is 187 Å². The summed E-state index contributed by atoms with van der Waals surface area (Å²) < 4.78 is 25.6. The van der Waals surface area contributed by atoms with Gasteiger partial charge in [0.05, 0.1) is 16.7 Å². The molecule has 0 saturated heterocycles. The van der Waals surface area contributed by atoms with E-state index < -0.39 is 15.9 Å². The van der Waals surface area contributed by atoms with E-state index in [1.807, 2.05) is 13.0 Å². The molecule has 8 heteroatoms. The second kappa shape index (κ2) is 9.64. The average molecular weight is 458 g/mol. The van der Waals surface area contributed by atoms with Gasteiger partial charge in [0.1, 0.15) is 0 Å². The molecule has 1 aromatic heterocycles. The maximum Gasteiger partial charge on any atom is 0.319 e. The zero-order chi connectivity index (χ0) is 22.6. The van der Waals surface area contributed by atoms with Crippen LogP contribution in [-0.2, 0) is 28.7 Å². The molecule has 31 heavy (non-hydrogen) atoms. The molecule has 0 radical (unpaired) electrons. The quantitative estimate of drug-likeness (QED) is 0.573. The van der Waals surface area contributed by atoms with E-state index in [0.717, 1.165) is 23.5 Å². The summed E-state index contributed by atoms with van der Waals surface area (Å²) in [5.74, 6) is -0.0148. The van der Waals surface area contributed by atoms with Crippen LogP contribution in [-0.4, -0.2) is 32.4 Å². The van der Waals surface area contributed by atoms with Crippen molar-refractivity contribution >= 4 is 32.9 Å². The van der Waals surface area contributed by atoms with Crippen molar-refractivity contribution in [3.63, 3.8) is 0 Å². The third-order valence-electron chi connectivity index (χ3n) is 5.00. The zero-order valence-electron chi connectivity index (χ0n) is 17.7. The van der Waals surface area contributed by atoms with Gasteiger partial charge in [-0.2, -0.15) is 0 Å². The van der Waals surface area contributed by atoms with Gasteiger partial charge in [-0.15, -0.1) is 11.3 Å². The number of sulfone groups is 1. The van der Waals surface area contributed by atoms with Crippen LogP contribution in [0.15, 0.2) is 72.2 Å². The van der Waals surface area contributed by atoms with Crippen molar-refractivity contribution in [3.8, 4) is 0 Å². The second-order valence-corrected chi connectivity index (χ2v) is 10.8. The molecular weight excluding hydrogens is 430 g/mol. The number of anilines is 1. The van der Waals surface area contributed by atoms with E-state index in [2.05, 4.69) is 35.7 Å². The maximum atomic E-state index is 12.8. The Morgan fingerprint density at radius 1 is 1.26 bits per heavy atom. The van der Waals surface area contributed by atoms with Crippen LogP contribution in [0.25, 0.3) is 0 Å². The van der Waals surface area contributed by atoms with Crippen LogP contribution in [0, 0.1) is 0 Å². The number of amides is 2. The molecule has 6 nitrogen and oxygen atoms in total. The summed E-state index contributed by atoms with van der Waals surface area (Å²) in [5.41, 5.74) is 2.56. The van der Waals surface area contributed by atoms with Crippen LogP contribution in [0.5, 0.6) is 0 Å². The first kappa shape index (κ1) is 23.0. The standard InChI is InChI=1S/C23H27N3O3S2/c1-5-7-17(6-2)16(3)24-23(27)25-19-8-10-21(11-9-19)31(28,29)15-20-12-18-13-26(4)14-22(18)30-20/h5-12,16H,1-2,13-15H2,3-4H3,(H2,24,25,27)/b17-7+/t16-/m1/s1. The van der Waals surface area contributed by atoms with Gasteiger partial charge in [0.25, 0.3) is 0 Å². The zero-order valence-corrected chi connectivity index (χ0v) is 19.4. The lowest BCUT2D eigenvalue weighted by atomic mass is 10.1. The van der Waals surface area contributed by atoms with E-state index in [9.17, 15) is 13.2 Å². The summed E-state index contributed by atoms with van der Waals surface area (Å²) in [6.45, 7) is 10.9. The van der Waals surface area contributed by atoms with E-state index in [-0.39, 0.29) is 16.7 Å². The molecule has 0 aliphatic carbocycles. The average Bonchev–Trinajstić information content (AvgIpc) is 3.22. The van der Waals surface area contributed by atoms with Crippen molar-refractivity contribution in [1.29, 1.82) is 0 Å². The number of fused-ring (bicyclic) bond motifs is 1. The van der Waals surface area contributed by atoms with Gasteiger partial charge in [-0.05, 0) is 55.4 Å². The first-order valence-corrected chi connectivity index (χ1v) is 12.3. The smallest absolute Gasteiger partial charge is 0.319 e. The fourth-order valence-corrected chi connectivity index (χ4v) is 6.38. The molecule has 0 fully saturated rings. The monoisotopic (exact) mass is 457 g/mol. The molecule has 0 saturated carbocycles. The number of hydrogen-bond donors (Lipinski definition) is 2. The topological polar surface area (TPSA) is 78.5 Å². The van der Waals surface area contributed by atoms with Gasteiger partial charge in [0.15, 0.2) is 9.84 Å². The maximum absolute atomic E-state index is 12.8. The van der Waals surface area contributed by atoms with Gasteiger partial charge in [-0.1, -0.05) is 31.4 Å². The SMILES string of the molecule is C=C/C=C(\C=C)[C@@H](C)NC(=O)Nc1ccc(S(=O)(=O)Cc2cc3c(s2)CN(C)C3)cc1. The van der Waals surface area contributed by atoms with Crippen molar-refractivity contribution in [3.05, 3.63) is 82.6 Å². The predicted molar refractivity (Wildman–Crippen MR) is 127 cm³/mol. The normalized spacial score (nSPS) is 15.2. The summed E-state index contributed by atoms with van der Waals surface area (Å²) in [6.07, 6.45) is 5.07. The van der Waals surface area contributed by atoms with Gasteiger partial charge in [-0.3, -0.25) is 4.90 Å². The lowest BCUT2D eigenvalue weighted by molar-refractivity contribution is 0.250. The molecule has 1 aromatic carbocycles. The highest BCUT2D eigenvalue weighted by Crippen LogP contribution is 2.32. The number of urea groups is 1. The Morgan fingerprint density at radius 3 is 2.58 bits per heavy atom. The Balaban J connectivity index is 1.62. The number of carbonyl (C=O) groups excluding carboxylic acids is 1. The Hall–Kier alpha value is -2.68. The molecule has 0 bridgehead atoms. The predicted octanol–water partition coefficient (Wildman–Crippen LogP) is 4.48. The van der Waals surface area contributed by atoms with E-state index in [1.54, 1.807) is 41.7 Å². The minimum Gasteiger partial charge on any atom is -0.331 e. The third-order valence-corrected chi connectivity index (χ3v) is 8.02. The summed E-state index contributed by atoms with van der Waals surface area (Å²) in [6, 6.07) is 7.59. The molecule has 164 valence electrons. The first-order chi connectivity index (χ1) is 14.7. The summed E-state index contributed by atoms with van der Waals surface area (Å²) in [5, 5.41) is 5.52. The number of rotatable bonds is 8. The van der Waals surface area contributed by atoms with Crippen LogP contribution in [0.2, 0.25) is 0 Å². The highest BCUT2D eigenvalue weighted by molar-refractivity contribution is 7.90. The number of thiophene rings is 1. The van der Waals surface area contributed by atoms with Crippen LogP contribution in [0.1, 0.15) is 22.2 Å². The molecule has 2 N–H and O–H groups in total. The van der Waals surface area contributed by atoms with E-state index in [4.69, 9.17) is 0 Å². The molecular formula is C23H27N3O3S2. The van der Waals surface area contributed by atoms with Crippen molar-refractivity contribution in [2.24, 2.45) is 0 Å². The summed E-state index contributed by atoms with van der Waals surface area (Å²) in [4.78, 5) is 16.8. The molecule has 0 unspecified atom stereocenters. The second-order valence-electron chi connectivity index (χ2n) is 7.54. The van der Waals surface area contributed by atoms with Crippen LogP contribution in [0.3, 0.4) is 0 Å². The fourth-order valence-electron chi connectivity index (χ4n) is 3.45. The minimum atomic E-state index is -3.46. The molecule has 2 heterocycles. The number of nitrogens with one attached hydrogen (secondary N) is 2. The summed E-state index contributed by atoms with van der Waals surface area (Å²) >= 11 is 1.57. The van der Waals surface area contributed by atoms with Crippen LogP contribution in [0.4, 0.5) is 10.5 Å². The summed E-state index contributed by atoms with van der Waals surface area (Å²) in [7, 11) is -1.41. The molecule has 1 aliphatic heterocycles. The van der Waals surface area contributed by atoms with Gasteiger partial charge in [0, 0.05) is 28.5 Å². The van der Waals surface area contributed by atoms with Crippen molar-refractivity contribution in [2.45, 2.75) is 36.7 Å². The molecule has 0 spiro atoms. The Bertz CT molecular complexity index is 1090. The van der Waals surface area contributed by atoms with Gasteiger partial charge in [-0.25, -0.2) is 13.2 Å². The fraction of sp³-hybridized carbons (Fsp3) is 0.261. The van der Waals surface area contributed by atoms with Gasteiger partial charge >= 0.3 is 6.03 Å². The third kappa shape index (κ3) is 5.72. The van der Waals surface area contributed by atoms with Crippen molar-refractivity contribution in [2.75, 3.05) is 12.4 Å². The number of carbonyl (C=O) groups is 1. The Morgan fingerprint density at radius 2 is 1.97 bits per heavy atom. The van der Waals surface area contributed by atoms with E-state index in [1.165, 1.54) is 22.6 Å². The van der Waals surface area contributed by atoms with E-state index >= 15 is 0 Å². The number of benzene rings is 1. The van der Waals surface area contributed by atoms with Crippen molar-refractivity contribution < 1.29 is 13.2 Å². The molecule has 1 atom stereocenters. The molecule has 3 rings (SSSR count). The highest BCUT2D eigenvalue weighted by atomic mass is 32.2. The molecule has 2 aromatic rings. The van der Waals surface area contributed by atoms with E-state index in [0.29, 0.717) is 5.69 Å². The largest absolute Gasteiger partial charge is 0.331 e. The molecule has 2 amide bonds. The Kier molecular flexibility index (Phi) is 7.15.